The molecule has 0 bridgehead atoms. The molecule has 1 aliphatic rings. The molecule has 0 atom stereocenters. The summed E-state index contributed by atoms with van der Waals surface area (Å²) in [4.78, 5) is 4.56. The van der Waals surface area contributed by atoms with Crippen molar-refractivity contribution in [2.45, 2.75) is 19.3 Å². The second-order valence-electron chi connectivity index (χ2n) is 3.28. The van der Waals surface area contributed by atoms with Crippen molar-refractivity contribution in [3.05, 3.63) is 23.4 Å². The molecule has 0 fully saturated rings. The molecule has 13 heavy (non-hydrogen) atoms. The van der Waals surface area contributed by atoms with Gasteiger partial charge in [0.05, 0.1) is 0 Å². The minimum Gasteiger partial charge on any atom is -0.370 e. The molecular formula is C10H13BrN2. The fourth-order valence-electron chi connectivity index (χ4n) is 1.60. The quantitative estimate of drug-likeness (QED) is 0.804. The summed E-state index contributed by atoms with van der Waals surface area (Å²) in [5.74, 6) is 1.10. The van der Waals surface area contributed by atoms with Crippen LogP contribution in [0, 0.1) is 0 Å². The Balaban J connectivity index is 2.24. The highest BCUT2D eigenvalue weighted by Gasteiger charge is 2.09. The van der Waals surface area contributed by atoms with E-state index in [2.05, 4.69) is 38.4 Å². The Morgan fingerprint density at radius 3 is 3.23 bits per heavy atom. The van der Waals surface area contributed by atoms with Crippen molar-refractivity contribution in [1.29, 1.82) is 0 Å². The Morgan fingerprint density at radius 2 is 2.38 bits per heavy atom. The van der Waals surface area contributed by atoms with E-state index in [4.69, 9.17) is 0 Å². The van der Waals surface area contributed by atoms with Gasteiger partial charge in [-0.25, -0.2) is 4.98 Å². The number of aromatic nitrogens is 1. The SMILES string of the molecule is BrCCc1ccc2c(n1)NCCC2. The normalized spacial score (nSPS) is 14.8. The number of rotatable bonds is 2. The third-order valence-electron chi connectivity index (χ3n) is 2.30. The number of fused-ring (bicyclic) bond motifs is 1. The zero-order valence-corrected chi connectivity index (χ0v) is 9.10. The minimum atomic E-state index is 0.985. The maximum absolute atomic E-state index is 4.56. The van der Waals surface area contributed by atoms with Gasteiger partial charge >= 0.3 is 0 Å². The molecule has 1 aromatic heterocycles. The lowest BCUT2D eigenvalue weighted by atomic mass is 10.1. The summed E-state index contributed by atoms with van der Waals surface area (Å²) >= 11 is 3.42. The summed E-state index contributed by atoms with van der Waals surface area (Å²) in [6.45, 7) is 1.07. The van der Waals surface area contributed by atoms with Gasteiger partial charge in [0, 0.05) is 17.6 Å². The van der Waals surface area contributed by atoms with Gasteiger partial charge in [-0.05, 0) is 30.9 Å². The number of hydrogen-bond acceptors (Lipinski definition) is 2. The molecule has 0 spiro atoms. The van der Waals surface area contributed by atoms with E-state index in [9.17, 15) is 0 Å². The number of anilines is 1. The summed E-state index contributed by atoms with van der Waals surface area (Å²) in [6.07, 6.45) is 3.41. The summed E-state index contributed by atoms with van der Waals surface area (Å²) < 4.78 is 0. The molecule has 1 aromatic rings. The average molecular weight is 241 g/mol. The molecule has 1 N–H and O–H groups in total. The van der Waals surface area contributed by atoms with Gasteiger partial charge in [0.1, 0.15) is 5.82 Å². The molecule has 2 nitrogen and oxygen atoms in total. The van der Waals surface area contributed by atoms with Crippen molar-refractivity contribution >= 4 is 21.7 Å². The van der Waals surface area contributed by atoms with E-state index in [0.717, 1.165) is 24.1 Å². The predicted molar refractivity (Wildman–Crippen MR) is 58.5 cm³/mol. The maximum atomic E-state index is 4.56. The van der Waals surface area contributed by atoms with E-state index in [1.54, 1.807) is 0 Å². The Labute approximate surface area is 86.9 Å². The molecular weight excluding hydrogens is 228 g/mol. The van der Waals surface area contributed by atoms with Crippen molar-refractivity contribution in [3.8, 4) is 0 Å². The first kappa shape index (κ1) is 9.00. The van der Waals surface area contributed by atoms with Crippen molar-refractivity contribution in [1.82, 2.24) is 4.98 Å². The lowest BCUT2D eigenvalue weighted by molar-refractivity contribution is 0.811. The maximum Gasteiger partial charge on any atom is 0.129 e. The van der Waals surface area contributed by atoms with Crippen molar-refractivity contribution in [3.63, 3.8) is 0 Å². The van der Waals surface area contributed by atoms with E-state index in [-0.39, 0.29) is 0 Å². The van der Waals surface area contributed by atoms with Crippen LogP contribution < -0.4 is 5.32 Å². The first-order valence-electron chi connectivity index (χ1n) is 4.69. The molecule has 70 valence electrons. The van der Waals surface area contributed by atoms with Gasteiger partial charge in [0.2, 0.25) is 0 Å². The van der Waals surface area contributed by atoms with E-state index in [0.29, 0.717) is 0 Å². The van der Waals surface area contributed by atoms with E-state index in [1.807, 2.05) is 0 Å². The number of alkyl halides is 1. The Kier molecular flexibility index (Phi) is 2.83. The highest BCUT2D eigenvalue weighted by atomic mass is 79.9. The molecule has 0 unspecified atom stereocenters. The second kappa shape index (κ2) is 4.09. The minimum absolute atomic E-state index is 0.985. The standard InChI is InChI=1S/C10H13BrN2/c11-6-5-9-4-3-8-2-1-7-12-10(8)13-9/h3-4H,1-2,5-7H2,(H,12,13). The van der Waals surface area contributed by atoms with Gasteiger partial charge in [-0.2, -0.15) is 0 Å². The Morgan fingerprint density at radius 1 is 1.46 bits per heavy atom. The van der Waals surface area contributed by atoms with Crippen LogP contribution in [-0.2, 0) is 12.8 Å². The third kappa shape index (κ3) is 2.02. The zero-order chi connectivity index (χ0) is 9.10. The largest absolute Gasteiger partial charge is 0.370 e. The number of nitrogens with one attached hydrogen (secondary N) is 1. The summed E-state index contributed by atoms with van der Waals surface area (Å²) in [5.41, 5.74) is 2.54. The van der Waals surface area contributed by atoms with Crippen LogP contribution >= 0.6 is 15.9 Å². The Bertz CT molecular complexity index is 299. The van der Waals surface area contributed by atoms with Crippen molar-refractivity contribution in [2.75, 3.05) is 17.2 Å². The molecule has 0 saturated carbocycles. The van der Waals surface area contributed by atoms with Gasteiger partial charge in [0.25, 0.3) is 0 Å². The van der Waals surface area contributed by atoms with Gasteiger partial charge in [-0.3, -0.25) is 0 Å². The molecule has 0 aliphatic carbocycles. The molecule has 0 aromatic carbocycles. The van der Waals surface area contributed by atoms with Crippen LogP contribution in [0.4, 0.5) is 5.82 Å². The number of pyridine rings is 1. The van der Waals surface area contributed by atoms with Crippen LogP contribution in [0.1, 0.15) is 17.7 Å². The van der Waals surface area contributed by atoms with Crippen LogP contribution in [0.15, 0.2) is 12.1 Å². The molecule has 1 aliphatic heterocycles. The van der Waals surface area contributed by atoms with Crippen LogP contribution in [0.3, 0.4) is 0 Å². The van der Waals surface area contributed by atoms with Gasteiger partial charge in [-0.15, -0.1) is 0 Å². The first-order valence-corrected chi connectivity index (χ1v) is 5.81. The first-order chi connectivity index (χ1) is 6.40. The highest BCUT2D eigenvalue weighted by Crippen LogP contribution is 2.19. The summed E-state index contributed by atoms with van der Waals surface area (Å²) in [5, 5.41) is 4.32. The monoisotopic (exact) mass is 240 g/mol. The third-order valence-corrected chi connectivity index (χ3v) is 2.70. The average Bonchev–Trinajstić information content (AvgIpc) is 2.18. The number of hydrogen-bond donors (Lipinski definition) is 1. The second-order valence-corrected chi connectivity index (χ2v) is 4.07. The van der Waals surface area contributed by atoms with Crippen LogP contribution in [-0.4, -0.2) is 16.9 Å². The van der Waals surface area contributed by atoms with E-state index in [1.165, 1.54) is 24.1 Å². The van der Waals surface area contributed by atoms with Gasteiger partial charge in [0.15, 0.2) is 0 Å². The van der Waals surface area contributed by atoms with E-state index >= 15 is 0 Å². The fraction of sp³-hybridized carbons (Fsp3) is 0.500. The van der Waals surface area contributed by atoms with Crippen LogP contribution in [0.25, 0.3) is 0 Å². The van der Waals surface area contributed by atoms with E-state index < -0.39 is 0 Å². The molecule has 0 radical (unpaired) electrons. The highest BCUT2D eigenvalue weighted by molar-refractivity contribution is 9.09. The summed E-state index contributed by atoms with van der Waals surface area (Å²) in [6, 6.07) is 4.33. The topological polar surface area (TPSA) is 24.9 Å². The number of nitrogens with zero attached hydrogens (tertiary/aromatic N) is 1. The Hall–Kier alpha value is -0.570. The molecule has 2 rings (SSSR count). The van der Waals surface area contributed by atoms with Gasteiger partial charge < -0.3 is 5.32 Å². The van der Waals surface area contributed by atoms with Crippen LogP contribution in [0.2, 0.25) is 0 Å². The molecule has 2 heterocycles. The van der Waals surface area contributed by atoms with Gasteiger partial charge in [-0.1, -0.05) is 22.0 Å². The fourth-order valence-corrected chi connectivity index (χ4v) is 2.01. The predicted octanol–water partition coefficient (Wildman–Crippen LogP) is 2.38. The zero-order valence-electron chi connectivity index (χ0n) is 7.52. The lowest BCUT2D eigenvalue weighted by Crippen LogP contribution is -2.14. The van der Waals surface area contributed by atoms with Crippen LogP contribution in [0.5, 0.6) is 0 Å². The molecule has 0 amide bonds. The molecule has 3 heteroatoms. The van der Waals surface area contributed by atoms with Crippen molar-refractivity contribution < 1.29 is 0 Å². The number of halogens is 1. The summed E-state index contributed by atoms with van der Waals surface area (Å²) in [7, 11) is 0. The smallest absolute Gasteiger partial charge is 0.129 e. The van der Waals surface area contributed by atoms with Crippen molar-refractivity contribution in [2.24, 2.45) is 0 Å². The lowest BCUT2D eigenvalue weighted by Gasteiger charge is -2.17. The number of aryl methyl sites for hydroxylation is 2. The molecule has 0 saturated heterocycles.